The SMILES string of the molecule is O=C1C2C(C(=O)N1c1ccc(OCc3ccccc3)cc1)C1c3ccccc3C2C2C=CC=CN21. The maximum atomic E-state index is 13.8. The highest BCUT2D eigenvalue weighted by molar-refractivity contribution is 6.23. The molecule has 0 N–H and O–H groups in total. The van der Waals surface area contributed by atoms with Gasteiger partial charge in [0.05, 0.1) is 29.6 Å². The molecule has 5 aliphatic rings. The lowest BCUT2D eigenvalue weighted by molar-refractivity contribution is -0.128. The first kappa shape index (κ1) is 20.3. The summed E-state index contributed by atoms with van der Waals surface area (Å²) in [6.07, 6.45) is 8.31. The van der Waals surface area contributed by atoms with Gasteiger partial charge in [-0.25, -0.2) is 4.90 Å². The second kappa shape index (κ2) is 7.70. The van der Waals surface area contributed by atoms with Crippen molar-refractivity contribution in [2.24, 2.45) is 11.8 Å². The molecule has 0 aromatic heterocycles. The zero-order valence-electron chi connectivity index (χ0n) is 19.0. The van der Waals surface area contributed by atoms with E-state index < -0.39 is 0 Å². The van der Waals surface area contributed by atoms with Crippen LogP contribution in [0.2, 0.25) is 0 Å². The summed E-state index contributed by atoms with van der Waals surface area (Å²) in [4.78, 5) is 31.4. The highest BCUT2D eigenvalue weighted by Gasteiger charge is 2.64. The van der Waals surface area contributed by atoms with Crippen molar-refractivity contribution < 1.29 is 14.3 Å². The van der Waals surface area contributed by atoms with E-state index in [2.05, 4.69) is 29.3 Å². The quantitative estimate of drug-likeness (QED) is 0.516. The Morgan fingerprint density at radius 3 is 2.23 bits per heavy atom. The van der Waals surface area contributed by atoms with Gasteiger partial charge in [0.1, 0.15) is 12.4 Å². The lowest BCUT2D eigenvalue weighted by atomic mass is 9.60. The van der Waals surface area contributed by atoms with Crippen LogP contribution in [-0.2, 0) is 16.2 Å². The van der Waals surface area contributed by atoms with Crippen molar-refractivity contribution in [1.82, 2.24) is 4.90 Å². The summed E-state index contributed by atoms with van der Waals surface area (Å²) in [6, 6.07) is 25.5. The number of ether oxygens (including phenoxy) is 1. The molecular weight excluding hydrogens is 436 g/mol. The van der Waals surface area contributed by atoms with Gasteiger partial charge in [-0.05, 0) is 47.0 Å². The van der Waals surface area contributed by atoms with Crippen molar-refractivity contribution in [1.29, 1.82) is 0 Å². The Labute approximate surface area is 203 Å². The number of rotatable bonds is 4. The van der Waals surface area contributed by atoms with Crippen molar-refractivity contribution in [3.8, 4) is 5.75 Å². The van der Waals surface area contributed by atoms with Crippen molar-refractivity contribution in [2.75, 3.05) is 4.90 Å². The van der Waals surface area contributed by atoms with E-state index in [0.717, 1.165) is 5.56 Å². The third-order valence-corrected chi connectivity index (χ3v) is 7.85. The van der Waals surface area contributed by atoms with E-state index in [4.69, 9.17) is 4.74 Å². The van der Waals surface area contributed by atoms with E-state index in [1.54, 1.807) is 0 Å². The average molecular weight is 461 g/mol. The van der Waals surface area contributed by atoms with Crippen LogP contribution in [-0.4, -0.2) is 22.8 Å². The van der Waals surface area contributed by atoms with E-state index in [1.165, 1.54) is 16.0 Å². The fourth-order valence-electron chi connectivity index (χ4n) is 6.43. The van der Waals surface area contributed by atoms with Crippen molar-refractivity contribution in [3.63, 3.8) is 0 Å². The van der Waals surface area contributed by atoms with Gasteiger partial charge in [-0.2, -0.15) is 0 Å². The standard InChI is InChI=1S/C30H24N2O3/c33-29-26-25-22-10-4-5-11-23(22)28(31-17-7-6-12-24(25)31)27(26)30(34)32(29)20-13-15-21(16-14-20)35-18-19-8-2-1-3-9-19/h1-17,24-28H,18H2. The Kier molecular flexibility index (Phi) is 4.46. The number of hydrogen-bond donors (Lipinski definition) is 0. The highest BCUT2D eigenvalue weighted by Crippen LogP contribution is 2.60. The number of hydrogen-bond acceptors (Lipinski definition) is 4. The minimum absolute atomic E-state index is 0.0441. The van der Waals surface area contributed by atoms with Gasteiger partial charge in [-0.3, -0.25) is 9.59 Å². The topological polar surface area (TPSA) is 49.9 Å². The van der Waals surface area contributed by atoms with Crippen LogP contribution >= 0.6 is 0 Å². The molecule has 5 nitrogen and oxygen atoms in total. The normalized spacial score (nSPS) is 27.6. The van der Waals surface area contributed by atoms with E-state index >= 15 is 0 Å². The van der Waals surface area contributed by atoms with Crippen LogP contribution in [0.25, 0.3) is 0 Å². The molecule has 1 aliphatic carbocycles. The molecule has 8 rings (SSSR count). The first-order valence-corrected chi connectivity index (χ1v) is 12.1. The maximum absolute atomic E-state index is 13.8. The van der Waals surface area contributed by atoms with Crippen LogP contribution in [0, 0.1) is 11.8 Å². The minimum Gasteiger partial charge on any atom is -0.489 e. The van der Waals surface area contributed by atoms with Gasteiger partial charge in [-0.1, -0.05) is 66.7 Å². The number of imide groups is 1. The van der Waals surface area contributed by atoms with Crippen LogP contribution < -0.4 is 9.64 Å². The molecule has 2 fully saturated rings. The average Bonchev–Trinajstić information content (AvgIpc) is 3.18. The van der Waals surface area contributed by atoms with Gasteiger partial charge in [0.15, 0.2) is 0 Å². The predicted molar refractivity (Wildman–Crippen MR) is 133 cm³/mol. The smallest absolute Gasteiger partial charge is 0.240 e. The van der Waals surface area contributed by atoms with E-state index in [9.17, 15) is 9.59 Å². The summed E-state index contributed by atoms with van der Waals surface area (Å²) in [5.74, 6) is -0.280. The summed E-state index contributed by atoms with van der Waals surface area (Å²) < 4.78 is 5.90. The molecule has 35 heavy (non-hydrogen) atoms. The number of allylic oxidation sites excluding steroid dienone is 2. The lowest BCUT2D eigenvalue weighted by Crippen LogP contribution is -2.56. The fraction of sp³-hybridized carbons (Fsp3) is 0.200. The molecule has 4 aliphatic heterocycles. The van der Waals surface area contributed by atoms with Crippen molar-refractivity contribution >= 4 is 17.5 Å². The van der Waals surface area contributed by atoms with Crippen LogP contribution in [0.15, 0.2) is 103 Å². The summed E-state index contributed by atoms with van der Waals surface area (Å²) >= 11 is 0. The zero-order valence-corrected chi connectivity index (χ0v) is 19.0. The molecule has 4 heterocycles. The number of carbonyl (C=O) groups excluding carboxylic acids is 2. The molecule has 0 radical (unpaired) electrons. The van der Waals surface area contributed by atoms with Crippen LogP contribution in [0.3, 0.4) is 0 Å². The first-order chi connectivity index (χ1) is 17.2. The number of nitrogens with zero attached hydrogens (tertiary/aromatic N) is 2. The van der Waals surface area contributed by atoms with Crippen molar-refractivity contribution in [3.05, 3.63) is 120 Å². The lowest BCUT2D eigenvalue weighted by Gasteiger charge is -2.55. The largest absolute Gasteiger partial charge is 0.489 e. The second-order valence-electron chi connectivity index (χ2n) is 9.60. The fourth-order valence-corrected chi connectivity index (χ4v) is 6.43. The third-order valence-electron chi connectivity index (χ3n) is 7.85. The van der Waals surface area contributed by atoms with Gasteiger partial charge in [-0.15, -0.1) is 0 Å². The number of anilines is 1. The van der Waals surface area contributed by atoms with Crippen LogP contribution in [0.5, 0.6) is 5.75 Å². The Morgan fingerprint density at radius 1 is 0.714 bits per heavy atom. The van der Waals surface area contributed by atoms with Gasteiger partial charge < -0.3 is 9.64 Å². The molecule has 2 bridgehead atoms. The number of benzene rings is 3. The molecule has 0 spiro atoms. The van der Waals surface area contributed by atoms with Gasteiger partial charge in [0.25, 0.3) is 0 Å². The molecule has 2 amide bonds. The van der Waals surface area contributed by atoms with Gasteiger partial charge in [0.2, 0.25) is 11.8 Å². The molecule has 5 heteroatoms. The highest BCUT2D eigenvalue weighted by atomic mass is 16.5. The Morgan fingerprint density at radius 2 is 1.43 bits per heavy atom. The van der Waals surface area contributed by atoms with Gasteiger partial charge in [0, 0.05) is 12.1 Å². The van der Waals surface area contributed by atoms with Crippen LogP contribution in [0.1, 0.15) is 28.7 Å². The maximum Gasteiger partial charge on any atom is 0.240 e. The Balaban J connectivity index is 1.20. The monoisotopic (exact) mass is 460 g/mol. The minimum atomic E-state index is -0.385. The Hall–Kier alpha value is -4.12. The summed E-state index contributed by atoms with van der Waals surface area (Å²) in [5, 5.41) is 0. The predicted octanol–water partition coefficient (Wildman–Crippen LogP) is 4.98. The van der Waals surface area contributed by atoms with Gasteiger partial charge >= 0.3 is 0 Å². The summed E-state index contributed by atoms with van der Waals surface area (Å²) in [6.45, 7) is 0.464. The number of piperidine rings is 1. The molecule has 3 aromatic rings. The molecule has 3 aromatic carbocycles. The number of carbonyl (C=O) groups is 2. The summed E-state index contributed by atoms with van der Waals surface area (Å²) in [7, 11) is 0. The second-order valence-corrected chi connectivity index (χ2v) is 9.60. The summed E-state index contributed by atoms with van der Waals surface area (Å²) in [5.41, 5.74) is 4.06. The van der Waals surface area contributed by atoms with E-state index in [-0.39, 0.29) is 41.7 Å². The molecular formula is C30H24N2O3. The van der Waals surface area contributed by atoms with E-state index in [0.29, 0.717) is 18.0 Å². The molecule has 0 saturated carbocycles. The van der Waals surface area contributed by atoms with Crippen LogP contribution in [0.4, 0.5) is 5.69 Å². The molecule has 5 unspecified atom stereocenters. The van der Waals surface area contributed by atoms with E-state index in [1.807, 2.05) is 78.9 Å². The first-order valence-electron chi connectivity index (χ1n) is 12.1. The zero-order chi connectivity index (χ0) is 23.5. The number of amides is 2. The third kappa shape index (κ3) is 2.94. The molecule has 5 atom stereocenters. The Bertz CT molecular complexity index is 1320. The van der Waals surface area contributed by atoms with Crippen molar-refractivity contribution in [2.45, 2.75) is 24.6 Å². The molecule has 2 saturated heterocycles. The molecule has 172 valence electrons.